The van der Waals surface area contributed by atoms with Crippen molar-refractivity contribution in [2.45, 2.75) is 44.6 Å². The lowest BCUT2D eigenvalue weighted by Gasteiger charge is -2.21. The topological polar surface area (TPSA) is 82.5 Å². The van der Waals surface area contributed by atoms with E-state index in [1.165, 1.54) is 25.7 Å². The number of rotatable bonds is 5. The number of carboxylic acid groups (broad SMARTS) is 1. The highest BCUT2D eigenvalue weighted by Crippen LogP contribution is 2.32. The SMILES string of the molecule is O=C(NC(C(=O)O)C1CC1)c1ccc(N2CCCCCC2)nc1. The largest absolute Gasteiger partial charge is 0.480 e. The summed E-state index contributed by atoms with van der Waals surface area (Å²) < 4.78 is 0. The van der Waals surface area contributed by atoms with Crippen LogP contribution in [0.5, 0.6) is 0 Å². The van der Waals surface area contributed by atoms with E-state index in [0.29, 0.717) is 5.56 Å². The molecule has 6 nitrogen and oxygen atoms in total. The van der Waals surface area contributed by atoms with Gasteiger partial charge in [0.15, 0.2) is 0 Å². The van der Waals surface area contributed by atoms with Crippen LogP contribution in [0.1, 0.15) is 48.9 Å². The molecular weight excluding hydrogens is 294 g/mol. The van der Waals surface area contributed by atoms with Gasteiger partial charge in [-0.1, -0.05) is 12.8 Å². The van der Waals surface area contributed by atoms with Gasteiger partial charge in [-0.15, -0.1) is 0 Å². The molecule has 2 aliphatic rings. The van der Waals surface area contributed by atoms with Crippen molar-refractivity contribution in [1.29, 1.82) is 0 Å². The number of aromatic nitrogens is 1. The molecule has 2 fully saturated rings. The van der Waals surface area contributed by atoms with E-state index in [1.54, 1.807) is 12.3 Å². The summed E-state index contributed by atoms with van der Waals surface area (Å²) in [5.41, 5.74) is 0.412. The van der Waals surface area contributed by atoms with Crippen molar-refractivity contribution >= 4 is 17.7 Å². The van der Waals surface area contributed by atoms with Crippen molar-refractivity contribution in [3.05, 3.63) is 23.9 Å². The minimum Gasteiger partial charge on any atom is -0.480 e. The molecule has 1 unspecified atom stereocenters. The third-order valence-electron chi connectivity index (χ3n) is 4.59. The van der Waals surface area contributed by atoms with E-state index in [1.807, 2.05) is 6.07 Å². The first-order valence-corrected chi connectivity index (χ1v) is 8.40. The fourth-order valence-electron chi connectivity index (χ4n) is 3.04. The number of aliphatic carboxylic acids is 1. The first-order chi connectivity index (χ1) is 11.1. The molecule has 1 aliphatic carbocycles. The number of carboxylic acids is 1. The van der Waals surface area contributed by atoms with E-state index in [2.05, 4.69) is 15.2 Å². The number of carbonyl (C=O) groups is 2. The van der Waals surface area contributed by atoms with Crippen LogP contribution in [0.25, 0.3) is 0 Å². The Labute approximate surface area is 135 Å². The van der Waals surface area contributed by atoms with E-state index in [-0.39, 0.29) is 11.8 Å². The van der Waals surface area contributed by atoms with Crippen LogP contribution in [0.15, 0.2) is 18.3 Å². The predicted octanol–water partition coefficient (Wildman–Crippen LogP) is 2.05. The molecule has 23 heavy (non-hydrogen) atoms. The molecule has 3 rings (SSSR count). The number of hydrogen-bond donors (Lipinski definition) is 2. The number of nitrogens with zero attached hydrogens (tertiary/aromatic N) is 2. The van der Waals surface area contributed by atoms with E-state index >= 15 is 0 Å². The Morgan fingerprint density at radius 2 is 1.87 bits per heavy atom. The van der Waals surface area contributed by atoms with Gasteiger partial charge in [0.05, 0.1) is 5.56 Å². The van der Waals surface area contributed by atoms with Crippen LogP contribution in [-0.4, -0.2) is 41.1 Å². The van der Waals surface area contributed by atoms with Crippen LogP contribution in [0.2, 0.25) is 0 Å². The molecule has 124 valence electrons. The van der Waals surface area contributed by atoms with Crippen molar-refractivity contribution in [2.75, 3.05) is 18.0 Å². The molecule has 1 atom stereocenters. The van der Waals surface area contributed by atoms with Gasteiger partial charge < -0.3 is 15.3 Å². The zero-order valence-electron chi connectivity index (χ0n) is 13.2. The quantitative estimate of drug-likeness (QED) is 0.868. The zero-order chi connectivity index (χ0) is 16.2. The smallest absolute Gasteiger partial charge is 0.326 e. The second-order valence-corrected chi connectivity index (χ2v) is 6.43. The molecule has 0 spiro atoms. The van der Waals surface area contributed by atoms with Crippen LogP contribution in [0.3, 0.4) is 0 Å². The summed E-state index contributed by atoms with van der Waals surface area (Å²) in [7, 11) is 0. The standard InChI is InChI=1S/C17H23N3O3/c21-16(19-15(17(22)23)12-5-6-12)13-7-8-14(18-11-13)20-9-3-1-2-4-10-20/h7-8,11-12,15H,1-6,9-10H2,(H,19,21)(H,22,23). The number of pyridine rings is 1. The summed E-state index contributed by atoms with van der Waals surface area (Å²) >= 11 is 0. The Morgan fingerprint density at radius 1 is 1.17 bits per heavy atom. The lowest BCUT2D eigenvalue weighted by Crippen LogP contribution is -2.42. The van der Waals surface area contributed by atoms with Crippen LogP contribution >= 0.6 is 0 Å². The highest BCUT2D eigenvalue weighted by atomic mass is 16.4. The van der Waals surface area contributed by atoms with E-state index in [0.717, 1.165) is 31.7 Å². The molecule has 0 radical (unpaired) electrons. The number of nitrogens with one attached hydrogen (secondary N) is 1. The lowest BCUT2D eigenvalue weighted by atomic mass is 10.1. The number of anilines is 1. The maximum absolute atomic E-state index is 12.2. The second kappa shape index (κ2) is 6.98. The fraction of sp³-hybridized carbons (Fsp3) is 0.588. The van der Waals surface area contributed by atoms with Gasteiger partial charge in [0.25, 0.3) is 5.91 Å². The lowest BCUT2D eigenvalue weighted by molar-refractivity contribution is -0.139. The van der Waals surface area contributed by atoms with Crippen molar-refractivity contribution in [3.8, 4) is 0 Å². The number of hydrogen-bond acceptors (Lipinski definition) is 4. The Balaban J connectivity index is 1.63. The Morgan fingerprint density at radius 3 is 2.39 bits per heavy atom. The third kappa shape index (κ3) is 4.00. The average molecular weight is 317 g/mol. The first-order valence-electron chi connectivity index (χ1n) is 8.40. The van der Waals surface area contributed by atoms with Gasteiger partial charge in [-0.25, -0.2) is 9.78 Å². The van der Waals surface area contributed by atoms with Gasteiger partial charge in [-0.3, -0.25) is 4.79 Å². The predicted molar refractivity (Wildman–Crippen MR) is 86.5 cm³/mol. The number of carbonyl (C=O) groups excluding carboxylic acids is 1. The summed E-state index contributed by atoms with van der Waals surface area (Å²) in [4.78, 5) is 30.1. The molecule has 1 saturated heterocycles. The Bertz CT molecular complexity index is 561. The van der Waals surface area contributed by atoms with Crippen LogP contribution in [0, 0.1) is 5.92 Å². The average Bonchev–Trinajstić information content (AvgIpc) is 3.39. The number of amides is 1. The molecule has 2 heterocycles. The maximum atomic E-state index is 12.2. The Kier molecular flexibility index (Phi) is 4.79. The van der Waals surface area contributed by atoms with Crippen LogP contribution in [-0.2, 0) is 4.79 Å². The van der Waals surface area contributed by atoms with E-state index in [4.69, 9.17) is 0 Å². The van der Waals surface area contributed by atoms with Gasteiger partial charge in [0, 0.05) is 19.3 Å². The Hall–Kier alpha value is -2.11. The van der Waals surface area contributed by atoms with Gasteiger partial charge in [0.1, 0.15) is 11.9 Å². The van der Waals surface area contributed by atoms with Crippen molar-refractivity contribution in [3.63, 3.8) is 0 Å². The molecule has 0 aromatic carbocycles. The molecule has 1 aliphatic heterocycles. The zero-order valence-corrected chi connectivity index (χ0v) is 13.2. The summed E-state index contributed by atoms with van der Waals surface area (Å²) in [6.45, 7) is 2.00. The summed E-state index contributed by atoms with van der Waals surface area (Å²) in [6, 6.07) is 2.80. The molecule has 1 amide bonds. The van der Waals surface area contributed by atoms with Gasteiger partial charge in [-0.2, -0.15) is 0 Å². The van der Waals surface area contributed by atoms with Gasteiger partial charge in [0.2, 0.25) is 0 Å². The van der Waals surface area contributed by atoms with Crippen molar-refractivity contribution in [1.82, 2.24) is 10.3 Å². The summed E-state index contributed by atoms with van der Waals surface area (Å²) in [6.07, 6.45) is 8.13. The highest BCUT2D eigenvalue weighted by molar-refractivity contribution is 5.96. The highest BCUT2D eigenvalue weighted by Gasteiger charge is 2.37. The van der Waals surface area contributed by atoms with Gasteiger partial charge >= 0.3 is 5.97 Å². The van der Waals surface area contributed by atoms with Crippen LogP contribution in [0.4, 0.5) is 5.82 Å². The van der Waals surface area contributed by atoms with Crippen molar-refractivity contribution < 1.29 is 14.7 Å². The molecule has 1 aromatic rings. The van der Waals surface area contributed by atoms with E-state index < -0.39 is 12.0 Å². The van der Waals surface area contributed by atoms with Gasteiger partial charge in [-0.05, 0) is 43.7 Å². The first kappa shape index (κ1) is 15.8. The van der Waals surface area contributed by atoms with Crippen LogP contribution < -0.4 is 10.2 Å². The minimum absolute atomic E-state index is 0.0702. The monoisotopic (exact) mass is 317 g/mol. The molecular formula is C17H23N3O3. The van der Waals surface area contributed by atoms with E-state index in [9.17, 15) is 14.7 Å². The normalized spacial score (nSPS) is 19.7. The molecule has 2 N–H and O–H groups in total. The molecule has 6 heteroatoms. The van der Waals surface area contributed by atoms with Crippen molar-refractivity contribution in [2.24, 2.45) is 5.92 Å². The molecule has 1 aromatic heterocycles. The summed E-state index contributed by atoms with van der Waals surface area (Å²) in [5, 5.41) is 11.8. The third-order valence-corrected chi connectivity index (χ3v) is 4.59. The molecule has 1 saturated carbocycles. The molecule has 0 bridgehead atoms. The fourth-order valence-corrected chi connectivity index (χ4v) is 3.04. The second-order valence-electron chi connectivity index (χ2n) is 6.43. The minimum atomic E-state index is -0.963. The maximum Gasteiger partial charge on any atom is 0.326 e. The summed E-state index contributed by atoms with van der Waals surface area (Å²) in [5.74, 6) is -0.365.